The van der Waals surface area contributed by atoms with E-state index in [2.05, 4.69) is 63.6 Å². The molecule has 24 heavy (non-hydrogen) atoms. The van der Waals surface area contributed by atoms with Gasteiger partial charge >= 0.3 is 0 Å². The zero-order chi connectivity index (χ0) is 16.4. The Morgan fingerprint density at radius 1 is 1.00 bits per heavy atom. The number of rotatable bonds is 4. The van der Waals surface area contributed by atoms with Crippen molar-refractivity contribution < 1.29 is 0 Å². The molecule has 0 atom stereocenters. The molecular weight excluding hydrogens is 296 g/mol. The summed E-state index contributed by atoms with van der Waals surface area (Å²) in [5.74, 6) is 0.901. The van der Waals surface area contributed by atoms with E-state index in [-0.39, 0.29) is 0 Å². The number of nitrogens with one attached hydrogen (secondary N) is 1. The molecule has 4 nitrogen and oxygen atoms in total. The van der Waals surface area contributed by atoms with E-state index in [1.807, 2.05) is 30.1 Å². The molecule has 0 spiro atoms. The van der Waals surface area contributed by atoms with Crippen molar-refractivity contribution in [2.45, 2.75) is 13.3 Å². The minimum atomic E-state index is 0.878. The summed E-state index contributed by atoms with van der Waals surface area (Å²) in [6.45, 7) is 2.00. The molecule has 2 heterocycles. The average Bonchev–Trinajstić information content (AvgIpc) is 3.27. The van der Waals surface area contributed by atoms with Crippen LogP contribution in [-0.2, 0) is 6.42 Å². The number of imidazole rings is 1. The number of aromatic amines is 1. The van der Waals surface area contributed by atoms with E-state index in [0.717, 1.165) is 29.2 Å². The van der Waals surface area contributed by atoms with Gasteiger partial charge in [-0.2, -0.15) is 5.10 Å². The molecule has 2 aromatic heterocycles. The van der Waals surface area contributed by atoms with Gasteiger partial charge < -0.3 is 4.98 Å². The molecule has 0 unspecified atom stereocenters. The minimum absolute atomic E-state index is 0.878. The van der Waals surface area contributed by atoms with Crippen LogP contribution in [0.1, 0.15) is 16.8 Å². The van der Waals surface area contributed by atoms with Gasteiger partial charge in [0.25, 0.3) is 0 Å². The van der Waals surface area contributed by atoms with Gasteiger partial charge in [0.1, 0.15) is 5.82 Å². The summed E-state index contributed by atoms with van der Waals surface area (Å²) in [5, 5.41) is 4.48. The first-order valence-electron chi connectivity index (χ1n) is 7.98. The molecule has 0 aliphatic rings. The van der Waals surface area contributed by atoms with Gasteiger partial charge in [0.15, 0.2) is 0 Å². The molecule has 0 bridgehead atoms. The highest BCUT2D eigenvalue weighted by Crippen LogP contribution is 2.19. The van der Waals surface area contributed by atoms with Gasteiger partial charge in [0.05, 0.1) is 11.4 Å². The molecular formula is C20H18N4. The Morgan fingerprint density at radius 2 is 1.83 bits per heavy atom. The fraction of sp³-hybridized carbons (Fsp3) is 0.100. The number of hydrogen-bond acceptors (Lipinski definition) is 2. The SMILES string of the molecule is Cc1ccn(-c2cccc(Cc3cccc(-c4ncc[nH]4)c3)c2)n1. The topological polar surface area (TPSA) is 46.5 Å². The lowest BCUT2D eigenvalue weighted by molar-refractivity contribution is 0.860. The predicted molar refractivity (Wildman–Crippen MR) is 95.1 cm³/mol. The lowest BCUT2D eigenvalue weighted by Crippen LogP contribution is -1.97. The third-order valence-corrected chi connectivity index (χ3v) is 4.00. The van der Waals surface area contributed by atoms with Crippen molar-refractivity contribution in [3.8, 4) is 17.1 Å². The van der Waals surface area contributed by atoms with Crippen LogP contribution >= 0.6 is 0 Å². The van der Waals surface area contributed by atoms with Crippen LogP contribution in [0.25, 0.3) is 17.1 Å². The van der Waals surface area contributed by atoms with E-state index in [9.17, 15) is 0 Å². The number of nitrogens with zero attached hydrogens (tertiary/aromatic N) is 3. The summed E-state index contributed by atoms with van der Waals surface area (Å²) in [6.07, 6.45) is 6.49. The molecule has 0 saturated heterocycles. The summed E-state index contributed by atoms with van der Waals surface area (Å²) in [7, 11) is 0. The standard InChI is InChI=1S/C20H18N4/c1-15-8-11-24(23-15)19-7-3-5-17(14-19)12-16-4-2-6-18(13-16)20-21-9-10-22-20/h2-11,13-14H,12H2,1H3,(H,21,22). The summed E-state index contributed by atoms with van der Waals surface area (Å²) in [5.41, 5.74) is 5.74. The smallest absolute Gasteiger partial charge is 0.137 e. The Morgan fingerprint density at radius 3 is 2.58 bits per heavy atom. The lowest BCUT2D eigenvalue weighted by Gasteiger charge is -2.07. The second kappa shape index (κ2) is 6.16. The molecule has 4 rings (SSSR count). The van der Waals surface area contributed by atoms with Gasteiger partial charge in [-0.1, -0.05) is 30.3 Å². The molecule has 4 heteroatoms. The second-order valence-electron chi connectivity index (χ2n) is 5.89. The lowest BCUT2D eigenvalue weighted by atomic mass is 10.0. The molecule has 4 aromatic rings. The van der Waals surface area contributed by atoms with Crippen LogP contribution < -0.4 is 0 Å². The molecule has 0 amide bonds. The highest BCUT2D eigenvalue weighted by molar-refractivity contribution is 5.56. The van der Waals surface area contributed by atoms with Gasteiger partial charge in [-0.25, -0.2) is 9.67 Å². The molecule has 0 aliphatic heterocycles. The monoisotopic (exact) mass is 314 g/mol. The van der Waals surface area contributed by atoms with E-state index in [0.29, 0.717) is 0 Å². The van der Waals surface area contributed by atoms with E-state index in [4.69, 9.17) is 0 Å². The van der Waals surface area contributed by atoms with Crippen molar-refractivity contribution in [1.82, 2.24) is 19.7 Å². The maximum atomic E-state index is 4.48. The van der Waals surface area contributed by atoms with Gasteiger partial charge in [-0.15, -0.1) is 0 Å². The van der Waals surface area contributed by atoms with Crippen LogP contribution in [0, 0.1) is 6.92 Å². The first-order chi connectivity index (χ1) is 11.8. The van der Waals surface area contributed by atoms with Crippen LogP contribution in [-0.4, -0.2) is 19.7 Å². The van der Waals surface area contributed by atoms with Gasteiger partial charge in [-0.3, -0.25) is 0 Å². The van der Waals surface area contributed by atoms with E-state index >= 15 is 0 Å². The van der Waals surface area contributed by atoms with Crippen LogP contribution in [0.15, 0.2) is 73.2 Å². The van der Waals surface area contributed by atoms with Gasteiger partial charge in [-0.05, 0) is 48.7 Å². The number of benzene rings is 2. The Labute approximate surface area is 140 Å². The molecule has 2 aromatic carbocycles. The summed E-state index contributed by atoms with van der Waals surface area (Å²) < 4.78 is 1.91. The number of aryl methyl sites for hydroxylation is 1. The third-order valence-electron chi connectivity index (χ3n) is 4.00. The largest absolute Gasteiger partial charge is 0.345 e. The van der Waals surface area contributed by atoms with Crippen LogP contribution in [0.4, 0.5) is 0 Å². The van der Waals surface area contributed by atoms with Crippen molar-refractivity contribution >= 4 is 0 Å². The molecule has 0 saturated carbocycles. The van der Waals surface area contributed by atoms with Crippen LogP contribution in [0.5, 0.6) is 0 Å². The van der Waals surface area contributed by atoms with Gasteiger partial charge in [0, 0.05) is 24.2 Å². The zero-order valence-electron chi connectivity index (χ0n) is 13.5. The Kier molecular flexibility index (Phi) is 3.71. The van der Waals surface area contributed by atoms with Crippen LogP contribution in [0.3, 0.4) is 0 Å². The minimum Gasteiger partial charge on any atom is -0.345 e. The second-order valence-corrected chi connectivity index (χ2v) is 5.89. The fourth-order valence-corrected chi connectivity index (χ4v) is 2.86. The normalized spacial score (nSPS) is 10.9. The molecule has 1 N–H and O–H groups in total. The molecule has 118 valence electrons. The summed E-state index contributed by atoms with van der Waals surface area (Å²) >= 11 is 0. The van der Waals surface area contributed by atoms with Crippen molar-refractivity contribution in [2.75, 3.05) is 0 Å². The highest BCUT2D eigenvalue weighted by Gasteiger charge is 2.04. The highest BCUT2D eigenvalue weighted by atomic mass is 15.3. The molecule has 0 aliphatic carbocycles. The third kappa shape index (κ3) is 2.99. The first-order valence-corrected chi connectivity index (χ1v) is 7.98. The molecule has 0 fully saturated rings. The van der Waals surface area contributed by atoms with E-state index in [1.54, 1.807) is 6.20 Å². The maximum Gasteiger partial charge on any atom is 0.137 e. The average molecular weight is 314 g/mol. The number of aromatic nitrogens is 4. The summed E-state index contributed by atoms with van der Waals surface area (Å²) in [4.78, 5) is 7.48. The van der Waals surface area contributed by atoms with Crippen molar-refractivity contribution in [3.05, 3.63) is 90.0 Å². The first kappa shape index (κ1) is 14.5. The fourth-order valence-electron chi connectivity index (χ4n) is 2.86. The Hall–Kier alpha value is -3.14. The molecule has 0 radical (unpaired) electrons. The van der Waals surface area contributed by atoms with Crippen LogP contribution in [0.2, 0.25) is 0 Å². The summed E-state index contributed by atoms with van der Waals surface area (Å²) in [6, 6.07) is 19.0. The maximum absolute atomic E-state index is 4.48. The number of H-pyrrole nitrogens is 1. The van der Waals surface area contributed by atoms with Gasteiger partial charge in [0.2, 0.25) is 0 Å². The number of hydrogen-bond donors (Lipinski definition) is 1. The van der Waals surface area contributed by atoms with Crippen molar-refractivity contribution in [2.24, 2.45) is 0 Å². The van der Waals surface area contributed by atoms with E-state index in [1.165, 1.54) is 11.1 Å². The van der Waals surface area contributed by atoms with E-state index < -0.39 is 0 Å². The Bertz CT molecular complexity index is 951. The Balaban J connectivity index is 1.61. The van der Waals surface area contributed by atoms with Crippen molar-refractivity contribution in [1.29, 1.82) is 0 Å². The zero-order valence-corrected chi connectivity index (χ0v) is 13.5. The quantitative estimate of drug-likeness (QED) is 0.615. The predicted octanol–water partition coefficient (Wildman–Crippen LogP) is 4.16. The van der Waals surface area contributed by atoms with Crippen molar-refractivity contribution in [3.63, 3.8) is 0 Å².